The van der Waals surface area contributed by atoms with E-state index in [2.05, 4.69) is 46.0 Å². The minimum Gasteiger partial charge on any atom is -0.464 e. The Kier molecular flexibility index (Phi) is 5.14. The van der Waals surface area contributed by atoms with Crippen LogP contribution in [0.15, 0.2) is 21.1 Å². The third-order valence-corrected chi connectivity index (χ3v) is 5.91. The molecule has 0 radical (unpaired) electrons. The van der Waals surface area contributed by atoms with Gasteiger partial charge in [0.2, 0.25) is 5.89 Å². The molecule has 2 aromatic heterocycles. The fourth-order valence-electron chi connectivity index (χ4n) is 4.11. The lowest BCUT2D eigenvalue weighted by Crippen LogP contribution is -2.33. The first-order chi connectivity index (χ1) is 12.6. The molecule has 0 spiro atoms. The van der Waals surface area contributed by atoms with Gasteiger partial charge in [-0.1, -0.05) is 12.1 Å². The molecular weight excluding hydrogens is 328 g/mol. The molecule has 6 heteroatoms. The Morgan fingerprint density at radius 1 is 1.27 bits per heavy atom. The number of nitrogens with zero attached hydrogens (tertiary/aromatic N) is 4. The molecule has 0 aromatic carbocycles. The van der Waals surface area contributed by atoms with Crippen LogP contribution in [0, 0.1) is 12.8 Å². The summed E-state index contributed by atoms with van der Waals surface area (Å²) in [6, 6.07) is 4.93. The predicted octanol–water partition coefficient (Wildman–Crippen LogP) is 3.58. The van der Waals surface area contributed by atoms with E-state index in [0.717, 1.165) is 43.7 Å². The van der Waals surface area contributed by atoms with Crippen molar-refractivity contribution in [3.63, 3.8) is 0 Å². The van der Waals surface area contributed by atoms with Gasteiger partial charge in [0.05, 0.1) is 13.1 Å². The molecule has 1 aliphatic heterocycles. The fourth-order valence-corrected chi connectivity index (χ4v) is 4.11. The van der Waals surface area contributed by atoms with Gasteiger partial charge in [-0.25, -0.2) is 0 Å². The Morgan fingerprint density at radius 3 is 2.85 bits per heavy atom. The Morgan fingerprint density at radius 2 is 2.12 bits per heavy atom. The summed E-state index contributed by atoms with van der Waals surface area (Å²) < 4.78 is 11.2. The maximum atomic E-state index is 6.10. The number of aromatic nitrogens is 2. The molecule has 3 heterocycles. The smallest absolute Gasteiger partial charge is 0.223 e. The molecule has 2 aromatic rings. The molecule has 2 fully saturated rings. The molecule has 1 saturated carbocycles. The SMILES string of the molecule is Cc1nc(CN(C)[C@@H]2CCCN(Cc3ccc([C@@H]4C[C@H]4C)o3)CC2)no1. The van der Waals surface area contributed by atoms with Crippen LogP contribution in [0.5, 0.6) is 0 Å². The highest BCUT2D eigenvalue weighted by Gasteiger charge is 2.36. The van der Waals surface area contributed by atoms with Crippen molar-refractivity contribution in [1.82, 2.24) is 19.9 Å². The molecular formula is C20H30N4O2. The number of hydrogen-bond acceptors (Lipinski definition) is 6. The minimum absolute atomic E-state index is 0.568. The highest BCUT2D eigenvalue weighted by Crippen LogP contribution is 2.47. The Hall–Kier alpha value is -1.66. The van der Waals surface area contributed by atoms with Gasteiger partial charge in [0.25, 0.3) is 0 Å². The van der Waals surface area contributed by atoms with Gasteiger partial charge in [-0.15, -0.1) is 0 Å². The quantitative estimate of drug-likeness (QED) is 0.787. The standard InChI is InChI=1S/C20H30N4O2/c1-14-11-18(14)19-7-6-17(25-19)12-24-9-4-5-16(8-10-24)23(3)13-20-21-15(2)26-22-20/h6-7,14,16,18H,4-5,8-13H2,1-3H3/t14-,16-,18-/m1/s1. The van der Waals surface area contributed by atoms with Gasteiger partial charge in [0.15, 0.2) is 5.82 Å². The largest absolute Gasteiger partial charge is 0.464 e. The summed E-state index contributed by atoms with van der Waals surface area (Å²) in [5.41, 5.74) is 0. The molecule has 3 atom stereocenters. The molecule has 0 unspecified atom stereocenters. The Balaban J connectivity index is 1.28. The summed E-state index contributed by atoms with van der Waals surface area (Å²) in [6.45, 7) is 8.07. The van der Waals surface area contributed by atoms with E-state index in [-0.39, 0.29) is 0 Å². The summed E-state index contributed by atoms with van der Waals surface area (Å²) in [5.74, 6) is 5.19. The van der Waals surface area contributed by atoms with Crippen molar-refractivity contribution in [1.29, 1.82) is 0 Å². The van der Waals surface area contributed by atoms with Crippen molar-refractivity contribution in [3.8, 4) is 0 Å². The topological polar surface area (TPSA) is 58.5 Å². The van der Waals surface area contributed by atoms with Gasteiger partial charge in [0, 0.05) is 25.4 Å². The van der Waals surface area contributed by atoms with Gasteiger partial charge >= 0.3 is 0 Å². The second kappa shape index (κ2) is 7.53. The number of rotatable bonds is 6. The van der Waals surface area contributed by atoms with Crippen molar-refractivity contribution in [2.75, 3.05) is 20.1 Å². The van der Waals surface area contributed by atoms with E-state index in [4.69, 9.17) is 8.94 Å². The lowest BCUT2D eigenvalue weighted by molar-refractivity contribution is 0.197. The summed E-state index contributed by atoms with van der Waals surface area (Å²) in [5, 5.41) is 4.02. The maximum absolute atomic E-state index is 6.10. The van der Waals surface area contributed by atoms with E-state index in [9.17, 15) is 0 Å². The van der Waals surface area contributed by atoms with Crippen LogP contribution in [0.2, 0.25) is 0 Å². The zero-order valence-corrected chi connectivity index (χ0v) is 16.1. The molecule has 2 aliphatic rings. The lowest BCUT2D eigenvalue weighted by atomic mass is 10.1. The van der Waals surface area contributed by atoms with Crippen LogP contribution < -0.4 is 0 Å². The highest BCUT2D eigenvalue weighted by molar-refractivity contribution is 5.17. The van der Waals surface area contributed by atoms with Gasteiger partial charge in [-0.2, -0.15) is 4.98 Å². The number of likely N-dealkylation sites (tertiary alicyclic amines) is 1. The van der Waals surface area contributed by atoms with E-state index in [0.29, 0.717) is 17.9 Å². The monoisotopic (exact) mass is 358 g/mol. The van der Waals surface area contributed by atoms with Crippen LogP contribution >= 0.6 is 0 Å². The third kappa shape index (κ3) is 4.18. The summed E-state index contributed by atoms with van der Waals surface area (Å²) >= 11 is 0. The average molecular weight is 358 g/mol. The van der Waals surface area contributed by atoms with Crippen LogP contribution in [-0.2, 0) is 13.1 Å². The molecule has 6 nitrogen and oxygen atoms in total. The van der Waals surface area contributed by atoms with Crippen LogP contribution in [0.1, 0.15) is 61.8 Å². The first-order valence-electron chi connectivity index (χ1n) is 9.89. The van der Waals surface area contributed by atoms with E-state index < -0.39 is 0 Å². The van der Waals surface area contributed by atoms with Crippen molar-refractivity contribution in [3.05, 3.63) is 35.4 Å². The predicted molar refractivity (Wildman–Crippen MR) is 98.6 cm³/mol. The van der Waals surface area contributed by atoms with Gasteiger partial charge < -0.3 is 8.94 Å². The van der Waals surface area contributed by atoms with Gasteiger partial charge in [-0.3, -0.25) is 9.80 Å². The molecule has 1 aliphatic carbocycles. The first-order valence-corrected chi connectivity index (χ1v) is 9.89. The van der Waals surface area contributed by atoms with E-state index >= 15 is 0 Å². The molecule has 26 heavy (non-hydrogen) atoms. The Labute approximate surface area is 155 Å². The van der Waals surface area contributed by atoms with Crippen molar-refractivity contribution >= 4 is 0 Å². The number of hydrogen-bond donors (Lipinski definition) is 0. The molecule has 4 rings (SSSR count). The van der Waals surface area contributed by atoms with Crippen LogP contribution in [0.3, 0.4) is 0 Å². The second-order valence-electron chi connectivity index (χ2n) is 8.13. The zero-order chi connectivity index (χ0) is 18.1. The maximum Gasteiger partial charge on any atom is 0.223 e. The van der Waals surface area contributed by atoms with Gasteiger partial charge in [-0.05, 0) is 57.3 Å². The molecule has 0 bridgehead atoms. The lowest BCUT2D eigenvalue weighted by Gasteiger charge is -2.26. The number of aryl methyl sites for hydroxylation is 1. The van der Waals surface area contributed by atoms with E-state index in [1.807, 2.05) is 6.92 Å². The molecule has 142 valence electrons. The van der Waals surface area contributed by atoms with Crippen LogP contribution in [0.25, 0.3) is 0 Å². The zero-order valence-electron chi connectivity index (χ0n) is 16.1. The highest BCUT2D eigenvalue weighted by atomic mass is 16.5. The van der Waals surface area contributed by atoms with Gasteiger partial charge in [0.1, 0.15) is 11.5 Å². The second-order valence-corrected chi connectivity index (χ2v) is 8.13. The molecule has 0 N–H and O–H groups in total. The van der Waals surface area contributed by atoms with Crippen molar-refractivity contribution in [2.45, 2.75) is 64.6 Å². The van der Waals surface area contributed by atoms with Crippen LogP contribution in [-0.4, -0.2) is 46.1 Å². The third-order valence-electron chi connectivity index (χ3n) is 5.91. The normalized spacial score (nSPS) is 27.0. The average Bonchev–Trinajstić information content (AvgIpc) is 3.04. The fraction of sp³-hybridized carbons (Fsp3) is 0.700. The number of furan rings is 1. The summed E-state index contributed by atoms with van der Waals surface area (Å²) in [4.78, 5) is 9.23. The first kappa shape index (κ1) is 17.7. The minimum atomic E-state index is 0.568. The summed E-state index contributed by atoms with van der Waals surface area (Å²) in [6.07, 6.45) is 4.88. The van der Waals surface area contributed by atoms with Crippen molar-refractivity contribution in [2.24, 2.45) is 5.92 Å². The summed E-state index contributed by atoms with van der Waals surface area (Å²) in [7, 11) is 2.17. The molecule has 1 saturated heterocycles. The van der Waals surface area contributed by atoms with E-state index in [1.165, 1.54) is 31.4 Å². The van der Waals surface area contributed by atoms with E-state index in [1.54, 1.807) is 0 Å². The molecule has 0 amide bonds. The van der Waals surface area contributed by atoms with Crippen molar-refractivity contribution < 1.29 is 8.94 Å². The Bertz CT molecular complexity index is 725. The van der Waals surface area contributed by atoms with Crippen LogP contribution in [0.4, 0.5) is 0 Å².